The van der Waals surface area contributed by atoms with E-state index in [4.69, 9.17) is 0 Å². The van der Waals surface area contributed by atoms with E-state index in [2.05, 4.69) is 23.6 Å². The molecule has 1 nitrogen and oxygen atoms in total. The molecule has 0 fully saturated rings. The van der Waals surface area contributed by atoms with E-state index >= 15 is 0 Å². The number of aldehydes is 1. The van der Waals surface area contributed by atoms with Gasteiger partial charge < -0.3 is 4.79 Å². The maximum Gasteiger partial charge on any atom is 0.124 e. The van der Waals surface area contributed by atoms with Crippen LogP contribution >= 0.6 is 11.3 Å². The van der Waals surface area contributed by atoms with Crippen LogP contribution in [0.3, 0.4) is 0 Å². The third-order valence-corrected chi connectivity index (χ3v) is 2.97. The van der Waals surface area contributed by atoms with Gasteiger partial charge in [0.15, 0.2) is 0 Å². The minimum Gasteiger partial charge on any atom is -0.303 e. The van der Waals surface area contributed by atoms with Crippen molar-refractivity contribution in [2.45, 2.75) is 6.42 Å². The Kier molecular flexibility index (Phi) is 2.75. The van der Waals surface area contributed by atoms with Crippen LogP contribution in [0.15, 0.2) is 41.8 Å². The zero-order valence-corrected chi connectivity index (χ0v) is 8.46. The van der Waals surface area contributed by atoms with Gasteiger partial charge >= 0.3 is 0 Å². The van der Waals surface area contributed by atoms with Gasteiger partial charge in [0.2, 0.25) is 0 Å². The van der Waals surface area contributed by atoms with Crippen LogP contribution in [0.1, 0.15) is 5.56 Å². The number of benzene rings is 1. The maximum atomic E-state index is 10.4. The molecular weight excluding hydrogens is 192 g/mol. The highest BCUT2D eigenvalue weighted by Gasteiger charge is 1.99. The molecule has 0 aliphatic carbocycles. The quantitative estimate of drug-likeness (QED) is 0.699. The normalized spacial score (nSPS) is 10.0. The Morgan fingerprint density at radius 3 is 2.86 bits per heavy atom. The first-order chi connectivity index (χ1) is 6.90. The molecule has 0 unspecified atom stereocenters. The lowest BCUT2D eigenvalue weighted by Crippen LogP contribution is -1.85. The predicted octanol–water partition coefficient (Wildman–Crippen LogP) is 3.16. The Hall–Kier alpha value is -1.41. The molecule has 1 heterocycles. The van der Waals surface area contributed by atoms with Crippen molar-refractivity contribution in [3.8, 4) is 10.4 Å². The molecule has 0 N–H and O–H groups in total. The summed E-state index contributed by atoms with van der Waals surface area (Å²) in [5.74, 6) is 0. The second-order valence-electron chi connectivity index (χ2n) is 3.05. The van der Waals surface area contributed by atoms with Crippen LogP contribution in [-0.4, -0.2) is 6.29 Å². The van der Waals surface area contributed by atoms with E-state index in [0.29, 0.717) is 6.42 Å². The Balaban J connectivity index is 2.35. The fourth-order valence-corrected chi connectivity index (χ4v) is 2.11. The highest BCUT2D eigenvalue weighted by molar-refractivity contribution is 7.13. The molecular formula is C12H10OS. The summed E-state index contributed by atoms with van der Waals surface area (Å²) in [6.45, 7) is 0. The Bertz CT molecular complexity index is 418. The van der Waals surface area contributed by atoms with Crippen LogP contribution in [0.4, 0.5) is 0 Å². The summed E-state index contributed by atoms with van der Waals surface area (Å²) in [7, 11) is 0. The van der Waals surface area contributed by atoms with E-state index in [-0.39, 0.29) is 0 Å². The molecule has 0 radical (unpaired) electrons. The topological polar surface area (TPSA) is 17.1 Å². The van der Waals surface area contributed by atoms with Crippen LogP contribution in [0.5, 0.6) is 0 Å². The minimum atomic E-state index is 0.499. The fourth-order valence-electron chi connectivity index (χ4n) is 1.39. The number of rotatable bonds is 3. The van der Waals surface area contributed by atoms with Crippen molar-refractivity contribution in [1.82, 2.24) is 0 Å². The van der Waals surface area contributed by atoms with Crippen LogP contribution < -0.4 is 0 Å². The number of thiophene rings is 1. The Morgan fingerprint density at radius 2 is 2.14 bits per heavy atom. The lowest BCUT2D eigenvalue weighted by Gasteiger charge is -1.99. The van der Waals surface area contributed by atoms with Crippen molar-refractivity contribution in [3.05, 3.63) is 47.3 Å². The van der Waals surface area contributed by atoms with Gasteiger partial charge in [0.1, 0.15) is 6.29 Å². The van der Waals surface area contributed by atoms with E-state index in [1.165, 1.54) is 10.4 Å². The van der Waals surface area contributed by atoms with Crippen LogP contribution in [0.25, 0.3) is 10.4 Å². The largest absolute Gasteiger partial charge is 0.303 e. The van der Waals surface area contributed by atoms with Crippen LogP contribution in [0, 0.1) is 0 Å². The molecule has 2 heteroatoms. The summed E-state index contributed by atoms with van der Waals surface area (Å²) in [6, 6.07) is 12.2. The van der Waals surface area contributed by atoms with Gasteiger partial charge in [-0.3, -0.25) is 0 Å². The molecule has 0 saturated carbocycles. The summed E-state index contributed by atoms with van der Waals surface area (Å²) < 4.78 is 0. The molecule has 70 valence electrons. The molecule has 1 aromatic carbocycles. The summed E-state index contributed by atoms with van der Waals surface area (Å²) in [4.78, 5) is 11.6. The molecule has 0 aliphatic rings. The molecule has 1 aromatic heterocycles. The first kappa shape index (κ1) is 9.16. The van der Waals surface area contributed by atoms with Gasteiger partial charge in [-0.05, 0) is 28.6 Å². The zero-order chi connectivity index (χ0) is 9.80. The van der Waals surface area contributed by atoms with E-state index in [1.807, 2.05) is 18.2 Å². The number of hydrogen-bond acceptors (Lipinski definition) is 2. The lowest BCUT2D eigenvalue weighted by molar-refractivity contribution is -0.107. The molecule has 2 rings (SSSR count). The monoisotopic (exact) mass is 202 g/mol. The Labute approximate surface area is 87.0 Å². The van der Waals surface area contributed by atoms with E-state index in [9.17, 15) is 4.79 Å². The van der Waals surface area contributed by atoms with E-state index < -0.39 is 0 Å². The van der Waals surface area contributed by atoms with Crippen molar-refractivity contribution in [3.63, 3.8) is 0 Å². The molecule has 2 aromatic rings. The van der Waals surface area contributed by atoms with Gasteiger partial charge in [0.25, 0.3) is 0 Å². The van der Waals surface area contributed by atoms with Gasteiger partial charge in [-0.25, -0.2) is 0 Å². The number of hydrogen-bond donors (Lipinski definition) is 0. The van der Waals surface area contributed by atoms with Crippen molar-refractivity contribution in [2.24, 2.45) is 0 Å². The third kappa shape index (κ3) is 1.91. The first-order valence-electron chi connectivity index (χ1n) is 4.46. The second kappa shape index (κ2) is 4.20. The van der Waals surface area contributed by atoms with Gasteiger partial charge in [0, 0.05) is 11.3 Å². The maximum absolute atomic E-state index is 10.4. The van der Waals surface area contributed by atoms with E-state index in [1.54, 1.807) is 11.3 Å². The third-order valence-electron chi connectivity index (χ3n) is 2.05. The predicted molar refractivity (Wildman–Crippen MR) is 59.5 cm³/mol. The van der Waals surface area contributed by atoms with Crippen LogP contribution in [-0.2, 0) is 11.2 Å². The molecule has 0 spiro atoms. The van der Waals surface area contributed by atoms with Crippen molar-refractivity contribution < 1.29 is 4.79 Å². The second-order valence-corrected chi connectivity index (χ2v) is 4.00. The molecule has 0 atom stereocenters. The molecule has 0 amide bonds. The highest BCUT2D eigenvalue weighted by Crippen LogP contribution is 2.25. The van der Waals surface area contributed by atoms with Crippen molar-refractivity contribution in [2.75, 3.05) is 0 Å². The molecule has 14 heavy (non-hydrogen) atoms. The van der Waals surface area contributed by atoms with Gasteiger partial charge in [-0.2, -0.15) is 0 Å². The fraction of sp³-hybridized carbons (Fsp3) is 0.0833. The summed E-state index contributed by atoms with van der Waals surface area (Å²) in [6.07, 6.45) is 1.44. The summed E-state index contributed by atoms with van der Waals surface area (Å²) >= 11 is 1.71. The lowest BCUT2D eigenvalue weighted by atomic mass is 10.1. The minimum absolute atomic E-state index is 0.499. The van der Waals surface area contributed by atoms with Crippen molar-refractivity contribution in [1.29, 1.82) is 0 Å². The SMILES string of the molecule is O=CCc1cccc(-c2cccs2)c1. The number of carbonyl (C=O) groups excluding carboxylic acids is 1. The molecule has 0 aliphatic heterocycles. The molecule has 0 saturated heterocycles. The van der Waals surface area contributed by atoms with Gasteiger partial charge in [0.05, 0.1) is 0 Å². The zero-order valence-electron chi connectivity index (χ0n) is 7.64. The van der Waals surface area contributed by atoms with Gasteiger partial charge in [-0.15, -0.1) is 11.3 Å². The first-order valence-corrected chi connectivity index (χ1v) is 5.34. The van der Waals surface area contributed by atoms with Gasteiger partial charge in [-0.1, -0.05) is 24.3 Å². The summed E-state index contributed by atoms with van der Waals surface area (Å²) in [5, 5.41) is 2.06. The standard InChI is InChI=1S/C12H10OS/c13-7-6-10-3-1-4-11(9-10)12-5-2-8-14-12/h1-5,7-9H,6H2. The van der Waals surface area contributed by atoms with Crippen molar-refractivity contribution >= 4 is 17.6 Å². The Morgan fingerprint density at radius 1 is 1.21 bits per heavy atom. The average molecular weight is 202 g/mol. The molecule has 0 bridgehead atoms. The highest BCUT2D eigenvalue weighted by atomic mass is 32.1. The average Bonchev–Trinajstić information content (AvgIpc) is 2.71. The number of carbonyl (C=O) groups is 1. The van der Waals surface area contributed by atoms with Crippen LogP contribution in [0.2, 0.25) is 0 Å². The summed E-state index contributed by atoms with van der Waals surface area (Å²) in [5.41, 5.74) is 2.27. The smallest absolute Gasteiger partial charge is 0.124 e. The van der Waals surface area contributed by atoms with E-state index in [0.717, 1.165) is 11.8 Å².